The molecule has 9 nitrogen and oxygen atoms in total. The molecule has 62 heavy (non-hydrogen) atoms. The summed E-state index contributed by atoms with van der Waals surface area (Å²) in [6.07, 6.45) is 55.3. The lowest BCUT2D eigenvalue weighted by Crippen LogP contribution is -2.37. The number of ether oxygens (including phenoxy) is 2. The molecule has 0 radical (unpaired) electrons. The Labute approximate surface area is 380 Å². The van der Waals surface area contributed by atoms with Gasteiger partial charge in [-0.05, 0) is 77.0 Å². The Balaban J connectivity index is 4.45. The van der Waals surface area contributed by atoms with Gasteiger partial charge in [0.15, 0.2) is 6.10 Å². The first-order valence-corrected chi connectivity index (χ1v) is 26.1. The summed E-state index contributed by atoms with van der Waals surface area (Å²) in [5, 5.41) is 0. The average Bonchev–Trinajstić information content (AvgIpc) is 3.23. The maximum atomic E-state index is 12.7. The van der Waals surface area contributed by atoms with E-state index in [4.69, 9.17) is 18.5 Å². The van der Waals surface area contributed by atoms with E-state index in [1.165, 1.54) is 109 Å². The first-order valence-electron chi connectivity index (χ1n) is 24.6. The van der Waals surface area contributed by atoms with E-state index >= 15 is 0 Å². The summed E-state index contributed by atoms with van der Waals surface area (Å²) in [7, 11) is 1.10. The van der Waals surface area contributed by atoms with Gasteiger partial charge in [-0.3, -0.25) is 14.2 Å². The molecule has 0 saturated heterocycles. The van der Waals surface area contributed by atoms with E-state index in [0.29, 0.717) is 30.3 Å². The largest absolute Gasteiger partial charge is 0.756 e. The van der Waals surface area contributed by atoms with Crippen molar-refractivity contribution in [3.05, 3.63) is 72.9 Å². The molecule has 10 heteroatoms. The molecule has 0 aromatic heterocycles. The standard InChI is InChI=1S/C52H92NO8P/c1-6-8-10-12-14-16-18-20-22-24-25-26-27-29-30-32-34-36-38-40-42-44-51(54)58-48-50(49-60-62(56,57)59-47-46-53(3,4)5)61-52(55)45-43-41-39-37-35-33-31-28-23-21-19-17-15-13-11-9-7-2/h22,24,26-27,30-33,36-39,50H,6-21,23,25,28-29,34-35,40-49H2,1-5H3/b24-22+,27-26+,32-30+,33-31+,38-36+,39-37+/t50-/m1/s1. The van der Waals surface area contributed by atoms with E-state index in [9.17, 15) is 19.0 Å². The van der Waals surface area contributed by atoms with Gasteiger partial charge in [-0.25, -0.2) is 0 Å². The van der Waals surface area contributed by atoms with E-state index in [2.05, 4.69) is 86.8 Å². The molecule has 0 fully saturated rings. The number of phosphoric ester groups is 1. The van der Waals surface area contributed by atoms with Gasteiger partial charge >= 0.3 is 11.9 Å². The highest BCUT2D eigenvalue weighted by Crippen LogP contribution is 2.38. The van der Waals surface area contributed by atoms with Gasteiger partial charge in [-0.15, -0.1) is 0 Å². The van der Waals surface area contributed by atoms with Crippen LogP contribution in [0.1, 0.15) is 194 Å². The number of carbonyl (C=O) groups excluding carboxylic acids is 2. The van der Waals surface area contributed by atoms with E-state index in [1.807, 2.05) is 21.1 Å². The molecule has 0 amide bonds. The Bertz CT molecular complexity index is 1280. The average molecular weight is 890 g/mol. The molecule has 0 aliphatic rings. The van der Waals surface area contributed by atoms with Crippen molar-refractivity contribution in [1.82, 2.24) is 0 Å². The zero-order chi connectivity index (χ0) is 45.7. The van der Waals surface area contributed by atoms with Gasteiger partial charge < -0.3 is 27.9 Å². The van der Waals surface area contributed by atoms with Crippen LogP contribution in [0.4, 0.5) is 0 Å². The number of carbonyl (C=O) groups is 2. The summed E-state index contributed by atoms with van der Waals surface area (Å²) < 4.78 is 33.9. The highest BCUT2D eigenvalue weighted by molar-refractivity contribution is 7.45. The molecule has 0 aliphatic heterocycles. The topological polar surface area (TPSA) is 111 Å². The fourth-order valence-electron chi connectivity index (χ4n) is 6.33. The quantitative estimate of drug-likeness (QED) is 0.0195. The fourth-order valence-corrected chi connectivity index (χ4v) is 7.06. The second-order valence-electron chi connectivity index (χ2n) is 17.5. The molecule has 0 spiro atoms. The van der Waals surface area contributed by atoms with Crippen LogP contribution < -0.4 is 4.89 Å². The van der Waals surface area contributed by atoms with Crippen LogP contribution in [-0.4, -0.2) is 70.0 Å². The maximum Gasteiger partial charge on any atom is 0.306 e. The number of nitrogens with zero attached hydrogens (tertiary/aromatic N) is 1. The maximum absolute atomic E-state index is 12.7. The van der Waals surface area contributed by atoms with Crippen LogP contribution in [0.25, 0.3) is 0 Å². The lowest BCUT2D eigenvalue weighted by molar-refractivity contribution is -0.870. The zero-order valence-corrected chi connectivity index (χ0v) is 41.2. The number of quaternary nitrogens is 1. The second-order valence-corrected chi connectivity index (χ2v) is 18.9. The SMILES string of the molecule is CCCCCCCCC/C=C/C/C=C/C/C=C/C/C=C/CCCC(=O)OC[C@H](COP(=O)([O-])OCC[N+](C)(C)C)OC(=O)CCC/C=C/C/C=C/CCCCCCCCCCC. The number of esters is 2. The van der Waals surface area contributed by atoms with Gasteiger partial charge in [0, 0.05) is 12.8 Å². The van der Waals surface area contributed by atoms with Crippen molar-refractivity contribution in [1.29, 1.82) is 0 Å². The number of rotatable bonds is 44. The van der Waals surface area contributed by atoms with Gasteiger partial charge in [0.2, 0.25) is 0 Å². The van der Waals surface area contributed by atoms with Crippen LogP contribution in [0.3, 0.4) is 0 Å². The second kappa shape index (κ2) is 43.7. The number of hydrogen-bond acceptors (Lipinski definition) is 8. The van der Waals surface area contributed by atoms with E-state index in [-0.39, 0.29) is 26.1 Å². The summed E-state index contributed by atoms with van der Waals surface area (Å²) in [6.45, 7) is 4.11. The minimum absolute atomic E-state index is 0.0497. The molecule has 358 valence electrons. The third kappa shape index (κ3) is 46.9. The molecule has 0 N–H and O–H groups in total. The van der Waals surface area contributed by atoms with Gasteiger partial charge in [-0.1, -0.05) is 177 Å². The van der Waals surface area contributed by atoms with Crippen LogP contribution >= 0.6 is 7.82 Å². The van der Waals surface area contributed by atoms with Crippen LogP contribution in [0.2, 0.25) is 0 Å². The summed E-state index contributed by atoms with van der Waals surface area (Å²) in [6, 6.07) is 0. The third-order valence-corrected chi connectivity index (χ3v) is 11.2. The Kier molecular flexibility index (Phi) is 41.9. The number of likely N-dealkylation sites (N-methyl/N-ethyl adjacent to an activating group) is 1. The normalized spacial score (nSPS) is 14.1. The van der Waals surface area contributed by atoms with Gasteiger partial charge in [0.05, 0.1) is 27.7 Å². The third-order valence-electron chi connectivity index (χ3n) is 10.2. The van der Waals surface area contributed by atoms with Crippen molar-refractivity contribution >= 4 is 19.8 Å². The van der Waals surface area contributed by atoms with E-state index in [0.717, 1.165) is 38.5 Å². The zero-order valence-electron chi connectivity index (χ0n) is 40.3. The smallest absolute Gasteiger partial charge is 0.306 e. The van der Waals surface area contributed by atoms with Gasteiger partial charge in [-0.2, -0.15) is 0 Å². The molecule has 0 rings (SSSR count). The predicted molar refractivity (Wildman–Crippen MR) is 259 cm³/mol. The van der Waals surface area contributed by atoms with Crippen molar-refractivity contribution in [2.45, 2.75) is 200 Å². The molecule has 0 saturated carbocycles. The molecule has 0 bridgehead atoms. The molecular formula is C52H92NO8P. The van der Waals surface area contributed by atoms with Crippen molar-refractivity contribution in [2.24, 2.45) is 0 Å². The summed E-state index contributed by atoms with van der Waals surface area (Å²) in [4.78, 5) is 37.6. The first-order chi connectivity index (χ1) is 30.0. The highest BCUT2D eigenvalue weighted by atomic mass is 31.2. The summed E-state index contributed by atoms with van der Waals surface area (Å²) >= 11 is 0. The fraction of sp³-hybridized carbons (Fsp3) is 0.731. The van der Waals surface area contributed by atoms with Crippen molar-refractivity contribution in [3.63, 3.8) is 0 Å². The lowest BCUT2D eigenvalue weighted by Gasteiger charge is -2.28. The minimum Gasteiger partial charge on any atom is -0.756 e. The molecule has 0 heterocycles. The van der Waals surface area contributed by atoms with Crippen molar-refractivity contribution in [2.75, 3.05) is 47.5 Å². The number of hydrogen-bond donors (Lipinski definition) is 0. The van der Waals surface area contributed by atoms with Crippen molar-refractivity contribution in [3.8, 4) is 0 Å². The minimum atomic E-state index is -4.66. The number of phosphoric acid groups is 1. The lowest BCUT2D eigenvalue weighted by atomic mass is 10.1. The first kappa shape index (κ1) is 59.5. The molecule has 0 aliphatic carbocycles. The van der Waals surface area contributed by atoms with Crippen LogP contribution in [0.15, 0.2) is 72.9 Å². The Morgan fingerprint density at radius 2 is 0.871 bits per heavy atom. The predicted octanol–water partition coefficient (Wildman–Crippen LogP) is 13.9. The van der Waals surface area contributed by atoms with Crippen LogP contribution in [0.5, 0.6) is 0 Å². The highest BCUT2D eigenvalue weighted by Gasteiger charge is 2.21. The summed E-state index contributed by atoms with van der Waals surface area (Å²) in [5.74, 6) is -0.956. The number of allylic oxidation sites excluding steroid dienone is 12. The van der Waals surface area contributed by atoms with Crippen LogP contribution in [-0.2, 0) is 32.7 Å². The van der Waals surface area contributed by atoms with Crippen LogP contribution in [0, 0.1) is 0 Å². The van der Waals surface area contributed by atoms with E-state index in [1.54, 1.807) is 0 Å². The van der Waals surface area contributed by atoms with Crippen molar-refractivity contribution < 1.29 is 42.1 Å². The Hall–Kier alpha value is -2.55. The van der Waals surface area contributed by atoms with Gasteiger partial charge in [0.1, 0.15) is 19.8 Å². The molecule has 1 unspecified atom stereocenters. The molecule has 0 aromatic carbocycles. The summed E-state index contributed by atoms with van der Waals surface area (Å²) in [5.41, 5.74) is 0. The molecular weight excluding hydrogens is 798 g/mol. The Morgan fingerprint density at radius 3 is 1.29 bits per heavy atom. The Morgan fingerprint density at radius 1 is 0.500 bits per heavy atom. The number of unbranched alkanes of at least 4 members (excludes halogenated alkanes) is 18. The van der Waals surface area contributed by atoms with Gasteiger partial charge in [0.25, 0.3) is 7.82 Å². The van der Waals surface area contributed by atoms with E-state index < -0.39 is 32.5 Å². The molecule has 0 aromatic rings. The monoisotopic (exact) mass is 890 g/mol. The molecule has 2 atom stereocenters.